The van der Waals surface area contributed by atoms with E-state index >= 15 is 0 Å². The van der Waals surface area contributed by atoms with Crippen molar-refractivity contribution >= 4 is 28.8 Å². The highest BCUT2D eigenvalue weighted by molar-refractivity contribution is 5.95. The Labute approximate surface area is 251 Å². The number of ether oxygens (including phenoxy) is 2. The van der Waals surface area contributed by atoms with Gasteiger partial charge in [-0.1, -0.05) is 18.2 Å². The molecule has 1 fully saturated rings. The van der Waals surface area contributed by atoms with E-state index in [-0.39, 0.29) is 50.5 Å². The van der Waals surface area contributed by atoms with Crippen LogP contribution >= 0.6 is 0 Å². The Bertz CT molecular complexity index is 1720. The van der Waals surface area contributed by atoms with Crippen LogP contribution in [0.2, 0.25) is 0 Å². The van der Waals surface area contributed by atoms with Crippen LogP contribution in [0.4, 0.5) is 4.79 Å². The number of hydrogen-bond acceptors (Lipinski definition) is 10. The molecule has 0 bridgehead atoms. The number of amides is 3. The number of hydroxylamine groups is 1. The molecular formula is C31H32N4O9. The van der Waals surface area contributed by atoms with Crippen molar-refractivity contribution in [1.82, 2.24) is 20.7 Å². The molecule has 0 spiro atoms. The molecule has 4 aromatic rings. The van der Waals surface area contributed by atoms with Gasteiger partial charge in [0.15, 0.2) is 18.1 Å². The fourth-order valence-electron chi connectivity index (χ4n) is 5.11. The summed E-state index contributed by atoms with van der Waals surface area (Å²) in [6.07, 6.45) is -0.397. The monoisotopic (exact) mass is 604 g/mol. The van der Waals surface area contributed by atoms with Gasteiger partial charge in [0, 0.05) is 35.3 Å². The average Bonchev–Trinajstić information content (AvgIpc) is 3.35. The molecule has 1 saturated heterocycles. The molecular weight excluding hydrogens is 572 g/mol. The van der Waals surface area contributed by atoms with Gasteiger partial charge in [0.2, 0.25) is 5.91 Å². The third-order valence-corrected chi connectivity index (χ3v) is 7.67. The molecule has 0 unspecified atom stereocenters. The van der Waals surface area contributed by atoms with E-state index < -0.39 is 29.3 Å². The zero-order valence-electron chi connectivity index (χ0n) is 24.3. The smallest absolute Gasteiger partial charge is 0.489 e. The Morgan fingerprint density at radius 2 is 1.75 bits per heavy atom. The number of rotatable bonds is 9. The minimum Gasteiger partial charge on any atom is -0.489 e. The molecule has 0 aliphatic carbocycles. The standard InChI is InChI=1S/C31H32N4O9/c1-19-23(15-22-5-3-4-6-25(22)32-19)17-41-24-9-7-21(8-10-24)28(37)33-31(16-27(36)34-40)11-13-35(14-12-31)29(38)42-18-26-20(2)43-30(39)44-26/h3-10,15,40H,11-14,16-18H2,1-2H3,(H,33,37)(H,34,36). The van der Waals surface area contributed by atoms with E-state index in [2.05, 4.69) is 10.3 Å². The van der Waals surface area contributed by atoms with Gasteiger partial charge in [0.25, 0.3) is 5.91 Å². The highest BCUT2D eigenvalue weighted by Gasteiger charge is 2.39. The van der Waals surface area contributed by atoms with Gasteiger partial charge in [-0.25, -0.2) is 15.1 Å². The summed E-state index contributed by atoms with van der Waals surface area (Å²) in [4.78, 5) is 55.3. The Kier molecular flexibility index (Phi) is 8.95. The van der Waals surface area contributed by atoms with Crippen LogP contribution in [-0.2, 0) is 22.7 Å². The highest BCUT2D eigenvalue weighted by atomic mass is 16.6. The van der Waals surface area contributed by atoms with Crippen molar-refractivity contribution in [2.24, 2.45) is 0 Å². The summed E-state index contributed by atoms with van der Waals surface area (Å²) in [5.41, 5.74) is 3.69. The summed E-state index contributed by atoms with van der Waals surface area (Å²) in [5.74, 6) is -1.08. The fraction of sp³-hybridized carbons (Fsp3) is 0.323. The van der Waals surface area contributed by atoms with Crippen LogP contribution in [0.15, 0.2) is 68.2 Å². The first-order valence-corrected chi connectivity index (χ1v) is 14.0. The quantitative estimate of drug-likeness (QED) is 0.188. The fourth-order valence-corrected chi connectivity index (χ4v) is 5.11. The lowest BCUT2D eigenvalue weighted by Gasteiger charge is -2.41. The maximum absolute atomic E-state index is 13.3. The molecule has 13 heteroatoms. The average molecular weight is 605 g/mol. The number of carbonyl (C=O) groups is 3. The van der Waals surface area contributed by atoms with Gasteiger partial charge in [0.1, 0.15) is 12.4 Å². The van der Waals surface area contributed by atoms with Crippen LogP contribution in [0.1, 0.15) is 52.4 Å². The Morgan fingerprint density at radius 1 is 1.02 bits per heavy atom. The molecule has 1 aliphatic rings. The van der Waals surface area contributed by atoms with Gasteiger partial charge in [-0.15, -0.1) is 0 Å². The normalized spacial score (nSPS) is 14.2. The van der Waals surface area contributed by atoms with E-state index in [1.165, 1.54) is 11.8 Å². The predicted octanol–water partition coefficient (Wildman–Crippen LogP) is 3.77. The Balaban J connectivity index is 1.19. The number of carbonyl (C=O) groups excluding carboxylic acids is 3. The van der Waals surface area contributed by atoms with E-state index in [1.54, 1.807) is 29.7 Å². The first kappa shape index (κ1) is 30.3. The third-order valence-electron chi connectivity index (χ3n) is 7.67. The van der Waals surface area contributed by atoms with Gasteiger partial charge in [0.05, 0.1) is 17.5 Å². The minimum atomic E-state index is -1.02. The SMILES string of the molecule is Cc1nc2ccccc2cc1COc1ccc(C(=O)NC2(CC(=O)NO)CCN(C(=O)OCc3oc(=O)oc3C)CC2)cc1. The van der Waals surface area contributed by atoms with Crippen LogP contribution in [0.3, 0.4) is 0 Å². The number of piperidine rings is 1. The molecule has 2 aromatic carbocycles. The Hall–Kier alpha value is -5.17. The summed E-state index contributed by atoms with van der Waals surface area (Å²) in [7, 11) is 0. The lowest BCUT2D eigenvalue weighted by Crippen LogP contribution is -2.57. The van der Waals surface area contributed by atoms with E-state index in [9.17, 15) is 19.2 Å². The van der Waals surface area contributed by atoms with Crippen LogP contribution in [0.25, 0.3) is 10.9 Å². The molecule has 13 nitrogen and oxygen atoms in total. The zero-order chi connectivity index (χ0) is 31.3. The summed E-state index contributed by atoms with van der Waals surface area (Å²) in [6, 6.07) is 16.5. The number of aromatic nitrogens is 1. The maximum atomic E-state index is 13.3. The van der Waals surface area contributed by atoms with E-state index in [1.807, 2.05) is 37.3 Å². The molecule has 0 atom stereocenters. The molecule has 5 rings (SSSR count). The van der Waals surface area contributed by atoms with Gasteiger partial charge in [-0.2, -0.15) is 0 Å². The van der Waals surface area contributed by atoms with Crippen molar-refractivity contribution in [3.05, 3.63) is 93.6 Å². The zero-order valence-corrected chi connectivity index (χ0v) is 24.3. The molecule has 1 aliphatic heterocycles. The van der Waals surface area contributed by atoms with Crippen molar-refractivity contribution in [3.63, 3.8) is 0 Å². The molecule has 2 aromatic heterocycles. The molecule has 3 N–H and O–H groups in total. The summed E-state index contributed by atoms with van der Waals surface area (Å²) >= 11 is 0. The van der Waals surface area contributed by atoms with Crippen molar-refractivity contribution in [3.8, 4) is 5.75 Å². The van der Waals surface area contributed by atoms with E-state index in [0.717, 1.165) is 22.2 Å². The van der Waals surface area contributed by atoms with Crippen LogP contribution in [0, 0.1) is 13.8 Å². The van der Waals surface area contributed by atoms with Gasteiger partial charge < -0.3 is 28.5 Å². The van der Waals surface area contributed by atoms with Crippen LogP contribution < -0.4 is 21.4 Å². The molecule has 0 saturated carbocycles. The van der Waals surface area contributed by atoms with E-state index in [4.69, 9.17) is 23.5 Å². The topological polar surface area (TPSA) is 173 Å². The maximum Gasteiger partial charge on any atom is 0.519 e. The van der Waals surface area contributed by atoms with Crippen LogP contribution in [-0.4, -0.2) is 51.6 Å². The third kappa shape index (κ3) is 7.06. The number of hydrogen-bond donors (Lipinski definition) is 3. The summed E-state index contributed by atoms with van der Waals surface area (Å²) < 4.78 is 20.8. The number of fused-ring (bicyclic) bond motifs is 1. The number of pyridine rings is 1. The lowest BCUT2D eigenvalue weighted by molar-refractivity contribution is -0.131. The second-order valence-electron chi connectivity index (χ2n) is 10.7. The van der Waals surface area contributed by atoms with Crippen molar-refractivity contribution < 1.29 is 37.9 Å². The molecule has 44 heavy (non-hydrogen) atoms. The van der Waals surface area contributed by atoms with Gasteiger partial charge in [-0.05, 0) is 63.1 Å². The summed E-state index contributed by atoms with van der Waals surface area (Å²) in [5, 5.41) is 13.1. The van der Waals surface area contributed by atoms with Crippen LogP contribution in [0.5, 0.6) is 5.75 Å². The highest BCUT2D eigenvalue weighted by Crippen LogP contribution is 2.28. The Morgan fingerprint density at radius 3 is 2.43 bits per heavy atom. The molecule has 3 amide bonds. The number of para-hydroxylation sites is 1. The lowest BCUT2D eigenvalue weighted by atomic mass is 9.83. The first-order chi connectivity index (χ1) is 21.1. The van der Waals surface area contributed by atoms with E-state index in [0.29, 0.717) is 17.9 Å². The van der Waals surface area contributed by atoms with Crippen molar-refractivity contribution in [1.29, 1.82) is 0 Å². The summed E-state index contributed by atoms with van der Waals surface area (Å²) in [6.45, 7) is 3.82. The molecule has 0 radical (unpaired) electrons. The number of nitrogens with one attached hydrogen (secondary N) is 2. The van der Waals surface area contributed by atoms with Crippen molar-refractivity contribution in [2.75, 3.05) is 13.1 Å². The second kappa shape index (κ2) is 13.0. The first-order valence-electron chi connectivity index (χ1n) is 14.0. The molecule has 3 heterocycles. The largest absolute Gasteiger partial charge is 0.519 e. The predicted molar refractivity (Wildman–Crippen MR) is 155 cm³/mol. The number of aryl methyl sites for hydroxylation is 2. The second-order valence-corrected chi connectivity index (χ2v) is 10.7. The van der Waals surface area contributed by atoms with Gasteiger partial charge in [-0.3, -0.25) is 19.8 Å². The molecule has 230 valence electrons. The number of likely N-dealkylation sites (tertiary alicyclic amines) is 1. The van der Waals surface area contributed by atoms with Gasteiger partial charge >= 0.3 is 11.9 Å². The number of nitrogens with zero attached hydrogens (tertiary/aromatic N) is 2. The van der Waals surface area contributed by atoms with Crippen molar-refractivity contribution in [2.45, 2.75) is 51.9 Å². The number of benzene rings is 2. The minimum absolute atomic E-state index is 0.110.